The molecule has 0 bridgehead atoms. The zero-order chi connectivity index (χ0) is 51.3. The van der Waals surface area contributed by atoms with Gasteiger partial charge in [-0.25, -0.2) is 0 Å². The molecule has 1 fully saturated rings. The van der Waals surface area contributed by atoms with Gasteiger partial charge in [0.1, 0.15) is 28.5 Å². The minimum atomic E-state index is -2.09. The maximum atomic E-state index is 14.1. The first-order valence-electron chi connectivity index (χ1n) is 23.6. The second kappa shape index (κ2) is 19.7. The lowest BCUT2D eigenvalue weighted by Gasteiger charge is -2.43. The van der Waals surface area contributed by atoms with Gasteiger partial charge in [-0.1, -0.05) is 42.5 Å². The molecule has 0 spiro atoms. The molecule has 1 saturated heterocycles. The first kappa shape index (κ1) is 49.6. The van der Waals surface area contributed by atoms with Crippen molar-refractivity contribution in [2.45, 2.75) is 95.2 Å². The summed E-state index contributed by atoms with van der Waals surface area (Å²) in [5.41, 5.74) is 0.909. The highest BCUT2D eigenvalue weighted by molar-refractivity contribution is 6.31. The monoisotopic (exact) mass is 978 g/mol. The van der Waals surface area contributed by atoms with Crippen molar-refractivity contribution in [3.05, 3.63) is 164 Å². The van der Waals surface area contributed by atoms with Crippen LogP contribution in [0.1, 0.15) is 129 Å². The zero-order valence-electron chi connectivity index (χ0n) is 40.3. The van der Waals surface area contributed by atoms with E-state index in [-0.39, 0.29) is 77.5 Å². The smallest absolute Gasteiger partial charge is 0.202 e. The molecule has 6 atom stereocenters. The second-order valence-electron chi connectivity index (χ2n) is 19.0. The molecular formula is C55H54N4O13. The molecule has 3 aromatic heterocycles. The number of methoxy groups -OCH3 is 1. The maximum absolute atomic E-state index is 14.1. The normalized spacial score (nSPS) is 21.4. The van der Waals surface area contributed by atoms with E-state index in [2.05, 4.69) is 10.3 Å². The van der Waals surface area contributed by atoms with Gasteiger partial charge < -0.3 is 49.1 Å². The second-order valence-corrected chi connectivity index (χ2v) is 19.0. The molecule has 0 amide bonds. The molecule has 4 unspecified atom stereocenters. The van der Waals surface area contributed by atoms with Gasteiger partial charge in [-0.3, -0.25) is 33.8 Å². The van der Waals surface area contributed by atoms with E-state index in [1.54, 1.807) is 79.1 Å². The number of Topliss-reactive ketones (excluding diaryl/α,β-unsaturated/α-hetero) is 4. The number of phenolic OH excluding ortho intramolecular Hbond substituents is 2. The number of nitrogens with zero attached hydrogens (tertiary/aromatic N) is 3. The van der Waals surface area contributed by atoms with E-state index < -0.39 is 82.6 Å². The summed E-state index contributed by atoms with van der Waals surface area (Å²) < 4.78 is 21.3. The van der Waals surface area contributed by atoms with Crippen molar-refractivity contribution in [2.24, 2.45) is 14.1 Å². The van der Waals surface area contributed by atoms with Gasteiger partial charge in [-0.2, -0.15) is 0 Å². The van der Waals surface area contributed by atoms with Crippen molar-refractivity contribution >= 4 is 34.7 Å². The Hall–Kier alpha value is -7.41. The number of fused-ring (bicyclic) bond motifs is 3. The number of hydrogen-bond donors (Lipinski definition) is 5. The molecule has 3 aromatic carbocycles. The fourth-order valence-electron chi connectivity index (χ4n) is 10.2. The van der Waals surface area contributed by atoms with E-state index in [0.29, 0.717) is 34.8 Å². The number of carbonyl (C=O) groups is 6. The molecule has 372 valence electrons. The fourth-order valence-corrected chi connectivity index (χ4v) is 10.2. The first-order valence-corrected chi connectivity index (χ1v) is 23.6. The third kappa shape index (κ3) is 9.32. The number of pyridine rings is 1. The lowest BCUT2D eigenvalue weighted by Crippen LogP contribution is -2.54. The summed E-state index contributed by atoms with van der Waals surface area (Å²) in [6, 6.07) is 19.8. The number of ether oxygens (including phenoxy) is 3. The lowest BCUT2D eigenvalue weighted by molar-refractivity contribution is -0.249. The molecule has 17 nitrogen and oxygen atoms in total. The number of hydrogen-bond acceptors (Lipinski definition) is 15. The molecular weight excluding hydrogens is 925 g/mol. The number of ketones is 6. The number of phenols is 2. The highest BCUT2D eigenvalue weighted by atomic mass is 16.7. The lowest BCUT2D eigenvalue weighted by atomic mass is 9.72. The van der Waals surface area contributed by atoms with Gasteiger partial charge in [0.15, 0.2) is 35.2 Å². The van der Waals surface area contributed by atoms with Gasteiger partial charge >= 0.3 is 0 Å². The van der Waals surface area contributed by atoms with E-state index in [9.17, 15) is 49.2 Å². The zero-order valence-corrected chi connectivity index (χ0v) is 40.3. The van der Waals surface area contributed by atoms with Crippen molar-refractivity contribution in [1.29, 1.82) is 0 Å². The van der Waals surface area contributed by atoms with Gasteiger partial charge in [-0.15, -0.1) is 0 Å². The summed E-state index contributed by atoms with van der Waals surface area (Å²) in [5.74, 6) is -3.81. The number of aryl methyl sites for hydroxylation is 2. The number of aliphatic hydroxyl groups excluding tert-OH is 1. The molecule has 0 radical (unpaired) electrons. The predicted octanol–water partition coefficient (Wildman–Crippen LogP) is 5.21. The van der Waals surface area contributed by atoms with E-state index in [1.165, 1.54) is 32.2 Å². The summed E-state index contributed by atoms with van der Waals surface area (Å²) in [6.45, 7) is 3.13. The topological polar surface area (TPSA) is 246 Å². The molecule has 9 rings (SSSR count). The van der Waals surface area contributed by atoms with Crippen LogP contribution in [0.3, 0.4) is 0 Å². The molecule has 3 aliphatic rings. The largest absolute Gasteiger partial charge is 0.507 e. The van der Waals surface area contributed by atoms with E-state index >= 15 is 0 Å². The van der Waals surface area contributed by atoms with E-state index in [4.69, 9.17) is 14.2 Å². The van der Waals surface area contributed by atoms with Gasteiger partial charge in [-0.05, 0) is 66.4 Å². The third-order valence-corrected chi connectivity index (χ3v) is 14.1. The molecule has 4 heterocycles. The molecule has 72 heavy (non-hydrogen) atoms. The summed E-state index contributed by atoms with van der Waals surface area (Å²) in [5, 5.41) is 49.9. The average molecular weight is 979 g/mol. The van der Waals surface area contributed by atoms with E-state index in [1.807, 2.05) is 24.3 Å². The summed E-state index contributed by atoms with van der Waals surface area (Å²) in [7, 11) is 4.84. The van der Waals surface area contributed by atoms with Crippen LogP contribution in [0.25, 0.3) is 0 Å². The van der Waals surface area contributed by atoms with Crippen molar-refractivity contribution < 1.29 is 63.4 Å². The number of benzene rings is 3. The Bertz CT molecular complexity index is 3170. The molecule has 1 aliphatic heterocycles. The number of nitrogens with one attached hydrogen (secondary N) is 1. The number of aromatic nitrogens is 3. The minimum Gasteiger partial charge on any atom is -0.507 e. The van der Waals surface area contributed by atoms with Crippen LogP contribution in [-0.2, 0) is 60.6 Å². The molecule has 17 heteroatoms. The van der Waals surface area contributed by atoms with Crippen molar-refractivity contribution in [2.75, 3.05) is 7.11 Å². The Balaban J connectivity index is 0.844. The van der Waals surface area contributed by atoms with Crippen molar-refractivity contribution in [3.63, 3.8) is 0 Å². The molecule has 0 saturated carbocycles. The van der Waals surface area contributed by atoms with Crippen LogP contribution < -0.4 is 10.1 Å². The Morgan fingerprint density at radius 1 is 0.806 bits per heavy atom. The fraction of sp³-hybridized carbons (Fsp3) is 0.327. The minimum absolute atomic E-state index is 0.0431. The number of rotatable bonds is 16. The third-order valence-electron chi connectivity index (χ3n) is 14.1. The van der Waals surface area contributed by atoms with Crippen molar-refractivity contribution in [1.82, 2.24) is 19.4 Å². The van der Waals surface area contributed by atoms with Gasteiger partial charge in [0.05, 0.1) is 53.5 Å². The van der Waals surface area contributed by atoms with Crippen LogP contribution in [0.15, 0.2) is 91.4 Å². The molecule has 5 N–H and O–H groups in total. The highest BCUT2D eigenvalue weighted by Gasteiger charge is 2.49. The number of aromatic hydroxyl groups is 2. The predicted molar refractivity (Wildman–Crippen MR) is 259 cm³/mol. The van der Waals surface area contributed by atoms with Crippen LogP contribution in [0.5, 0.6) is 17.2 Å². The summed E-state index contributed by atoms with van der Waals surface area (Å²) in [4.78, 5) is 84.7. The Kier molecular flexibility index (Phi) is 13.5. The Labute approximate surface area is 414 Å². The van der Waals surface area contributed by atoms with Crippen LogP contribution >= 0.6 is 0 Å². The SMILES string of the molecule is COc1cccc2c1C(=O)c1c(O)c3c(c(O)c1C2=O)C[C@](O)(C(C)=O)C[C@H]3OC1CC(NCc2ccc(CC(=O)c3cc(CC(=O)c4cc(CC(=O)c5ccccn5)cn4C)cn3C)cc2)C(O)C(C)O1. The van der Waals surface area contributed by atoms with Crippen LogP contribution in [0.4, 0.5) is 0 Å². The number of carbonyl (C=O) groups excluding carboxylic acids is 6. The van der Waals surface area contributed by atoms with Crippen LogP contribution in [0.2, 0.25) is 0 Å². The van der Waals surface area contributed by atoms with Crippen LogP contribution in [0, 0.1) is 0 Å². The maximum Gasteiger partial charge on any atom is 0.202 e. The van der Waals surface area contributed by atoms with Crippen molar-refractivity contribution in [3.8, 4) is 17.2 Å². The van der Waals surface area contributed by atoms with Crippen LogP contribution in [-0.4, -0.2) is 106 Å². The van der Waals surface area contributed by atoms with E-state index in [0.717, 1.165) is 11.1 Å². The molecule has 2 aliphatic carbocycles. The Morgan fingerprint density at radius 3 is 2.06 bits per heavy atom. The highest BCUT2D eigenvalue weighted by Crippen LogP contribution is 2.52. The summed E-state index contributed by atoms with van der Waals surface area (Å²) in [6.07, 6.45) is 0.385. The Morgan fingerprint density at radius 2 is 1.43 bits per heavy atom. The summed E-state index contributed by atoms with van der Waals surface area (Å²) >= 11 is 0. The molecule has 6 aromatic rings. The van der Waals surface area contributed by atoms with Gasteiger partial charge in [0, 0.05) is 100 Å². The quantitative estimate of drug-likeness (QED) is 0.0617. The average Bonchev–Trinajstić information content (AvgIpc) is 3.92. The number of aliphatic hydroxyl groups is 2. The van der Waals surface area contributed by atoms with Gasteiger partial charge in [0.25, 0.3) is 0 Å². The first-order chi connectivity index (χ1) is 34.3. The standard InChI is InChI=1S/C55H54N4O13/c1-28-50(64)37(22-45(71-28)72-44-24-55(69,29(2)60)23-35-47(44)54(68)49-48(52(35)66)51(65)34-9-8-11-43(70-5)46(34)53(49)67)57-25-31-14-12-30(13-15-31)19-41(62)38-18-33(27-59(38)4)21-42(63)39-17-32(26-58(39)3)20-40(61)36-10-6-7-16-56-36/h6-18,26-28,37,44-45,50,57,64,66,68-69H,19-25H2,1-5H3/t28?,37?,44-,45?,50?,55-/m1/s1. The van der Waals surface area contributed by atoms with Gasteiger partial charge in [0.2, 0.25) is 5.78 Å².